The normalized spacial score (nSPS) is 12.5. The third-order valence-corrected chi connectivity index (χ3v) is 5.19. The molecule has 3 N–H and O–H groups in total. The molecular weight excluding hydrogens is 457 g/mol. The van der Waals surface area contributed by atoms with E-state index < -0.39 is 6.36 Å². The first-order chi connectivity index (χ1) is 15.6. The van der Waals surface area contributed by atoms with E-state index >= 15 is 0 Å². The van der Waals surface area contributed by atoms with Crippen LogP contribution in [0.1, 0.15) is 19.4 Å². The van der Waals surface area contributed by atoms with Crippen molar-refractivity contribution in [3.05, 3.63) is 65.2 Å². The van der Waals surface area contributed by atoms with E-state index in [-0.39, 0.29) is 30.3 Å². The van der Waals surface area contributed by atoms with Crippen molar-refractivity contribution < 1.29 is 23.0 Å². The Morgan fingerprint density at radius 1 is 1.06 bits per heavy atom. The maximum atomic E-state index is 12.7. The van der Waals surface area contributed by atoms with Crippen molar-refractivity contribution in [3.63, 3.8) is 0 Å². The van der Waals surface area contributed by atoms with Crippen molar-refractivity contribution in [3.8, 4) is 17.0 Å². The summed E-state index contributed by atoms with van der Waals surface area (Å²) in [6.45, 7) is 4.11. The lowest BCUT2D eigenvalue weighted by Gasteiger charge is -2.21. The van der Waals surface area contributed by atoms with Crippen LogP contribution in [0.25, 0.3) is 11.3 Å². The SMILES string of the molecule is CC(C)[C@H](CO)Nc1nc(NCc2ccccc2Cl)cc(-c2cccc(OC(F)(F)F)c2)n1. The third kappa shape index (κ3) is 7.23. The molecule has 0 spiro atoms. The molecule has 0 amide bonds. The van der Waals surface area contributed by atoms with Crippen LogP contribution in [0.5, 0.6) is 5.75 Å². The van der Waals surface area contributed by atoms with E-state index in [1.54, 1.807) is 18.2 Å². The Labute approximate surface area is 194 Å². The average molecular weight is 481 g/mol. The van der Waals surface area contributed by atoms with Gasteiger partial charge in [0, 0.05) is 23.2 Å². The van der Waals surface area contributed by atoms with Gasteiger partial charge in [0.2, 0.25) is 5.95 Å². The van der Waals surface area contributed by atoms with Gasteiger partial charge in [-0.05, 0) is 29.7 Å². The minimum Gasteiger partial charge on any atom is -0.406 e. The zero-order valence-corrected chi connectivity index (χ0v) is 18.8. The lowest BCUT2D eigenvalue weighted by atomic mass is 10.1. The number of hydrogen-bond acceptors (Lipinski definition) is 6. The van der Waals surface area contributed by atoms with E-state index in [0.29, 0.717) is 28.6 Å². The highest BCUT2D eigenvalue weighted by Crippen LogP contribution is 2.29. The molecule has 0 unspecified atom stereocenters. The predicted octanol–water partition coefficient (Wildman–Crippen LogP) is 5.74. The van der Waals surface area contributed by atoms with Gasteiger partial charge < -0.3 is 20.5 Å². The first-order valence-corrected chi connectivity index (χ1v) is 10.6. The van der Waals surface area contributed by atoms with Gasteiger partial charge in [-0.3, -0.25) is 0 Å². The fourth-order valence-corrected chi connectivity index (χ4v) is 3.22. The second kappa shape index (κ2) is 10.7. The largest absolute Gasteiger partial charge is 0.573 e. The van der Waals surface area contributed by atoms with Crippen molar-refractivity contribution in [2.75, 3.05) is 17.2 Å². The molecule has 3 aromatic rings. The molecule has 0 aliphatic carbocycles. The lowest BCUT2D eigenvalue weighted by molar-refractivity contribution is -0.274. The van der Waals surface area contributed by atoms with Crippen molar-refractivity contribution in [1.82, 2.24) is 9.97 Å². The fraction of sp³-hybridized carbons (Fsp3) is 0.304. The number of aliphatic hydroxyl groups excluding tert-OH is 1. The van der Waals surface area contributed by atoms with Gasteiger partial charge in [0.25, 0.3) is 0 Å². The van der Waals surface area contributed by atoms with Crippen LogP contribution in [0, 0.1) is 5.92 Å². The number of aromatic nitrogens is 2. The number of benzene rings is 2. The Balaban J connectivity index is 1.95. The van der Waals surface area contributed by atoms with Crippen LogP contribution in [0.2, 0.25) is 5.02 Å². The summed E-state index contributed by atoms with van der Waals surface area (Å²) in [5, 5.41) is 16.5. The molecule has 0 fully saturated rings. The number of aliphatic hydroxyl groups is 1. The number of nitrogens with one attached hydrogen (secondary N) is 2. The first kappa shape index (κ1) is 24.6. The quantitative estimate of drug-likeness (QED) is 0.362. The summed E-state index contributed by atoms with van der Waals surface area (Å²) in [6, 6.07) is 14.2. The van der Waals surface area contributed by atoms with Crippen LogP contribution in [-0.4, -0.2) is 34.1 Å². The summed E-state index contributed by atoms with van der Waals surface area (Å²) in [7, 11) is 0. The Hall–Kier alpha value is -3.04. The lowest BCUT2D eigenvalue weighted by Crippen LogP contribution is -2.30. The average Bonchev–Trinajstić information content (AvgIpc) is 2.75. The zero-order chi connectivity index (χ0) is 24.0. The number of hydrogen-bond donors (Lipinski definition) is 3. The van der Waals surface area contributed by atoms with Crippen molar-refractivity contribution >= 4 is 23.4 Å². The van der Waals surface area contributed by atoms with Crippen LogP contribution < -0.4 is 15.4 Å². The molecule has 0 aliphatic heterocycles. The molecule has 1 atom stereocenters. The van der Waals surface area contributed by atoms with Gasteiger partial charge in [0.05, 0.1) is 18.3 Å². The van der Waals surface area contributed by atoms with Gasteiger partial charge >= 0.3 is 6.36 Å². The van der Waals surface area contributed by atoms with Crippen LogP contribution in [-0.2, 0) is 6.54 Å². The smallest absolute Gasteiger partial charge is 0.406 e. The number of rotatable bonds is 9. The Morgan fingerprint density at radius 2 is 1.82 bits per heavy atom. The monoisotopic (exact) mass is 480 g/mol. The highest BCUT2D eigenvalue weighted by Gasteiger charge is 2.31. The molecule has 6 nitrogen and oxygen atoms in total. The van der Waals surface area contributed by atoms with Crippen molar-refractivity contribution in [2.45, 2.75) is 32.8 Å². The molecular formula is C23H24ClF3N4O2. The highest BCUT2D eigenvalue weighted by molar-refractivity contribution is 6.31. The third-order valence-electron chi connectivity index (χ3n) is 4.82. The molecule has 1 heterocycles. The molecule has 10 heteroatoms. The van der Waals surface area contributed by atoms with Gasteiger partial charge in [0.15, 0.2) is 0 Å². The molecule has 0 bridgehead atoms. The second-order valence-corrected chi connectivity index (χ2v) is 8.07. The maximum Gasteiger partial charge on any atom is 0.573 e. The standard InChI is InChI=1S/C23H24ClF3N4O2/c1-14(2)20(13-32)30-22-29-19(15-7-5-8-17(10-15)33-23(25,26)27)11-21(31-22)28-12-16-6-3-4-9-18(16)24/h3-11,14,20,32H,12-13H2,1-2H3,(H2,28,29,30,31)/t20-/m0/s1. The number of nitrogens with zero attached hydrogens (tertiary/aromatic N) is 2. The van der Waals surface area contributed by atoms with Crippen LogP contribution in [0.4, 0.5) is 24.9 Å². The molecule has 3 rings (SSSR count). The fourth-order valence-electron chi connectivity index (χ4n) is 3.02. The van der Waals surface area contributed by atoms with Gasteiger partial charge in [-0.2, -0.15) is 4.98 Å². The minimum atomic E-state index is -4.80. The molecule has 0 saturated heterocycles. The topological polar surface area (TPSA) is 79.3 Å². The van der Waals surface area contributed by atoms with Gasteiger partial charge in [-0.1, -0.05) is 55.8 Å². The molecule has 0 aliphatic rings. The van der Waals surface area contributed by atoms with E-state index in [0.717, 1.165) is 5.56 Å². The summed E-state index contributed by atoms with van der Waals surface area (Å²) >= 11 is 6.22. The molecule has 1 aromatic heterocycles. The Kier molecular flexibility index (Phi) is 7.99. The van der Waals surface area contributed by atoms with Crippen molar-refractivity contribution in [2.24, 2.45) is 5.92 Å². The zero-order valence-electron chi connectivity index (χ0n) is 18.0. The van der Waals surface area contributed by atoms with Crippen LogP contribution in [0.3, 0.4) is 0 Å². The van der Waals surface area contributed by atoms with E-state index in [1.165, 1.54) is 18.2 Å². The summed E-state index contributed by atoms with van der Waals surface area (Å²) in [5.74, 6) is 0.397. The van der Waals surface area contributed by atoms with E-state index in [9.17, 15) is 18.3 Å². The van der Waals surface area contributed by atoms with E-state index in [1.807, 2.05) is 32.0 Å². The molecule has 33 heavy (non-hydrogen) atoms. The highest BCUT2D eigenvalue weighted by atomic mass is 35.5. The Morgan fingerprint density at radius 3 is 2.48 bits per heavy atom. The number of anilines is 2. The molecule has 176 valence electrons. The summed E-state index contributed by atoms with van der Waals surface area (Å²) in [5.41, 5.74) is 1.64. The summed E-state index contributed by atoms with van der Waals surface area (Å²) in [4.78, 5) is 8.90. The van der Waals surface area contributed by atoms with Crippen molar-refractivity contribution in [1.29, 1.82) is 0 Å². The summed E-state index contributed by atoms with van der Waals surface area (Å²) < 4.78 is 42.0. The van der Waals surface area contributed by atoms with Crippen LogP contribution in [0.15, 0.2) is 54.6 Å². The van der Waals surface area contributed by atoms with E-state index in [4.69, 9.17) is 11.6 Å². The number of alkyl halides is 3. The summed E-state index contributed by atoms with van der Waals surface area (Å²) in [6.07, 6.45) is -4.80. The molecule has 2 aromatic carbocycles. The second-order valence-electron chi connectivity index (χ2n) is 7.66. The maximum absolute atomic E-state index is 12.7. The van der Waals surface area contributed by atoms with Gasteiger partial charge in [-0.15, -0.1) is 13.2 Å². The molecule has 0 radical (unpaired) electrons. The predicted molar refractivity (Wildman–Crippen MR) is 122 cm³/mol. The minimum absolute atomic E-state index is 0.0882. The first-order valence-electron chi connectivity index (χ1n) is 10.2. The van der Waals surface area contributed by atoms with Gasteiger partial charge in [0.1, 0.15) is 11.6 Å². The number of halogens is 4. The van der Waals surface area contributed by atoms with Gasteiger partial charge in [-0.25, -0.2) is 4.98 Å². The number of ether oxygens (including phenoxy) is 1. The van der Waals surface area contributed by atoms with Crippen LogP contribution >= 0.6 is 11.6 Å². The van der Waals surface area contributed by atoms with E-state index in [2.05, 4.69) is 25.3 Å². The molecule has 0 saturated carbocycles. The Bertz CT molecular complexity index is 1080.